The van der Waals surface area contributed by atoms with Crippen molar-refractivity contribution in [2.45, 2.75) is 24.9 Å². The van der Waals surface area contributed by atoms with E-state index in [-0.39, 0.29) is 23.0 Å². The number of rotatable bonds is 4. The average molecular weight is 404 g/mol. The van der Waals surface area contributed by atoms with Crippen LogP contribution in [0, 0.1) is 12.7 Å². The Morgan fingerprint density at radius 3 is 2.81 bits per heavy atom. The Hall–Kier alpha value is -2.19. The predicted molar refractivity (Wildman–Crippen MR) is 106 cm³/mol. The maximum absolute atomic E-state index is 13.7. The van der Waals surface area contributed by atoms with Crippen molar-refractivity contribution in [2.75, 3.05) is 18.8 Å². The summed E-state index contributed by atoms with van der Waals surface area (Å²) in [4.78, 5) is 31.9. The molecule has 0 aliphatic carbocycles. The second-order valence-corrected chi connectivity index (χ2v) is 8.34. The van der Waals surface area contributed by atoms with Gasteiger partial charge in [-0.1, -0.05) is 11.8 Å². The number of likely N-dealkylation sites (tertiary alicyclic amines) is 1. The third-order valence-electron chi connectivity index (χ3n) is 4.63. The lowest BCUT2D eigenvalue weighted by Crippen LogP contribution is -2.29. The molecule has 1 aliphatic rings. The van der Waals surface area contributed by atoms with E-state index in [1.165, 1.54) is 33.7 Å². The van der Waals surface area contributed by atoms with Crippen molar-refractivity contribution in [3.8, 4) is 5.69 Å². The van der Waals surface area contributed by atoms with Gasteiger partial charge in [-0.15, -0.1) is 11.3 Å². The fourth-order valence-corrected chi connectivity index (χ4v) is 4.84. The number of carbonyl (C=O) groups is 1. The van der Waals surface area contributed by atoms with Crippen molar-refractivity contribution in [1.82, 2.24) is 14.5 Å². The van der Waals surface area contributed by atoms with E-state index in [4.69, 9.17) is 0 Å². The second kappa shape index (κ2) is 7.44. The van der Waals surface area contributed by atoms with E-state index in [0.717, 1.165) is 25.9 Å². The van der Waals surface area contributed by atoms with E-state index in [2.05, 4.69) is 4.98 Å². The highest BCUT2D eigenvalue weighted by atomic mass is 32.2. The highest BCUT2D eigenvalue weighted by Gasteiger charge is 2.20. The van der Waals surface area contributed by atoms with Crippen molar-refractivity contribution in [2.24, 2.45) is 0 Å². The number of carbonyl (C=O) groups excluding carboxylic acids is 1. The van der Waals surface area contributed by atoms with Crippen molar-refractivity contribution < 1.29 is 9.18 Å². The SMILES string of the molecule is Cc1cc(-n2c(SCC(=O)N3CCCC3)nc3ccsc3c2=O)ccc1F. The zero-order chi connectivity index (χ0) is 19.0. The van der Waals surface area contributed by atoms with Gasteiger partial charge < -0.3 is 4.90 Å². The van der Waals surface area contributed by atoms with E-state index in [9.17, 15) is 14.0 Å². The molecule has 27 heavy (non-hydrogen) atoms. The van der Waals surface area contributed by atoms with Gasteiger partial charge >= 0.3 is 0 Å². The van der Waals surface area contributed by atoms with Crippen LogP contribution in [0.3, 0.4) is 0 Å². The number of thioether (sulfide) groups is 1. The fraction of sp³-hybridized carbons (Fsp3) is 0.316. The molecule has 0 spiro atoms. The van der Waals surface area contributed by atoms with E-state index in [0.29, 0.717) is 26.6 Å². The molecule has 1 amide bonds. The monoisotopic (exact) mass is 403 g/mol. The van der Waals surface area contributed by atoms with Crippen LogP contribution in [-0.2, 0) is 4.79 Å². The Kier molecular flexibility index (Phi) is 5.01. The van der Waals surface area contributed by atoms with Crippen LogP contribution < -0.4 is 5.56 Å². The van der Waals surface area contributed by atoms with Gasteiger partial charge in [0, 0.05) is 13.1 Å². The number of fused-ring (bicyclic) bond motifs is 1. The minimum absolute atomic E-state index is 0.0546. The Bertz CT molecular complexity index is 1070. The maximum Gasteiger partial charge on any atom is 0.276 e. The number of halogens is 1. The molecule has 4 rings (SSSR count). The molecule has 0 radical (unpaired) electrons. The number of hydrogen-bond acceptors (Lipinski definition) is 5. The van der Waals surface area contributed by atoms with Crippen LogP contribution in [0.5, 0.6) is 0 Å². The summed E-state index contributed by atoms with van der Waals surface area (Å²) in [7, 11) is 0. The first-order valence-electron chi connectivity index (χ1n) is 8.72. The van der Waals surface area contributed by atoms with Crippen LogP contribution in [0.4, 0.5) is 4.39 Å². The molecule has 0 bridgehead atoms. The summed E-state index contributed by atoms with van der Waals surface area (Å²) in [6, 6.07) is 6.34. The predicted octanol–water partition coefficient (Wildman–Crippen LogP) is 3.61. The Balaban J connectivity index is 1.74. The molecule has 1 fully saturated rings. The molecule has 3 heterocycles. The molecule has 0 atom stereocenters. The smallest absolute Gasteiger partial charge is 0.276 e. The molecule has 1 aromatic carbocycles. The lowest BCUT2D eigenvalue weighted by molar-refractivity contribution is -0.127. The first-order valence-corrected chi connectivity index (χ1v) is 10.6. The topological polar surface area (TPSA) is 55.2 Å². The van der Waals surface area contributed by atoms with Gasteiger partial charge in [-0.2, -0.15) is 0 Å². The Morgan fingerprint density at radius 2 is 2.07 bits per heavy atom. The van der Waals surface area contributed by atoms with Crippen molar-refractivity contribution in [3.63, 3.8) is 0 Å². The van der Waals surface area contributed by atoms with Gasteiger partial charge in [-0.3, -0.25) is 14.2 Å². The summed E-state index contributed by atoms with van der Waals surface area (Å²) in [5.74, 6) is -0.0446. The zero-order valence-corrected chi connectivity index (χ0v) is 16.4. The molecule has 2 aromatic heterocycles. The molecule has 5 nitrogen and oxygen atoms in total. The molecule has 0 unspecified atom stereocenters. The quantitative estimate of drug-likeness (QED) is 0.493. The summed E-state index contributed by atoms with van der Waals surface area (Å²) in [5.41, 5.74) is 1.43. The van der Waals surface area contributed by atoms with Crippen LogP contribution in [0.2, 0.25) is 0 Å². The van der Waals surface area contributed by atoms with E-state index in [1.54, 1.807) is 25.1 Å². The van der Waals surface area contributed by atoms with Gasteiger partial charge in [0.2, 0.25) is 5.91 Å². The third-order valence-corrected chi connectivity index (χ3v) is 6.45. The van der Waals surface area contributed by atoms with E-state index < -0.39 is 0 Å². The number of aromatic nitrogens is 2. The first kappa shape index (κ1) is 18.2. The summed E-state index contributed by atoms with van der Waals surface area (Å²) in [6.45, 7) is 3.24. The van der Waals surface area contributed by atoms with Crippen LogP contribution in [0.15, 0.2) is 39.6 Å². The minimum Gasteiger partial charge on any atom is -0.342 e. The molecule has 1 saturated heterocycles. The summed E-state index contributed by atoms with van der Waals surface area (Å²) in [5, 5.41) is 2.27. The van der Waals surface area contributed by atoms with Gasteiger partial charge in [-0.25, -0.2) is 9.37 Å². The third kappa shape index (κ3) is 3.51. The van der Waals surface area contributed by atoms with Crippen LogP contribution in [-0.4, -0.2) is 39.2 Å². The molecule has 8 heteroatoms. The largest absolute Gasteiger partial charge is 0.342 e. The lowest BCUT2D eigenvalue weighted by Gasteiger charge is -2.16. The average Bonchev–Trinajstić information content (AvgIpc) is 3.34. The standard InChI is InChI=1S/C19H18FN3O2S2/c1-12-10-13(4-5-14(12)20)23-18(25)17-15(6-9-26-17)21-19(23)27-11-16(24)22-7-2-3-8-22/h4-6,9-10H,2-3,7-8,11H2,1H3. The fourth-order valence-electron chi connectivity index (χ4n) is 3.17. The number of hydrogen-bond donors (Lipinski definition) is 0. The number of aryl methyl sites for hydroxylation is 1. The molecular formula is C19H18FN3O2S2. The second-order valence-electron chi connectivity index (χ2n) is 6.48. The number of thiophene rings is 1. The first-order chi connectivity index (χ1) is 13.0. The number of nitrogens with zero attached hydrogens (tertiary/aromatic N) is 3. The molecule has 140 valence electrons. The van der Waals surface area contributed by atoms with Gasteiger partial charge in [0.1, 0.15) is 10.5 Å². The van der Waals surface area contributed by atoms with E-state index in [1.807, 2.05) is 10.3 Å². The lowest BCUT2D eigenvalue weighted by atomic mass is 10.2. The normalized spacial score (nSPS) is 14.2. The molecule has 0 N–H and O–H groups in total. The van der Waals surface area contributed by atoms with Crippen LogP contribution >= 0.6 is 23.1 Å². The highest BCUT2D eigenvalue weighted by Crippen LogP contribution is 2.25. The van der Waals surface area contributed by atoms with Crippen LogP contribution in [0.1, 0.15) is 18.4 Å². The van der Waals surface area contributed by atoms with Crippen molar-refractivity contribution in [1.29, 1.82) is 0 Å². The summed E-state index contributed by atoms with van der Waals surface area (Å²) < 4.78 is 15.7. The number of benzene rings is 1. The Morgan fingerprint density at radius 1 is 1.30 bits per heavy atom. The van der Waals surface area contributed by atoms with Crippen molar-refractivity contribution in [3.05, 3.63) is 51.4 Å². The highest BCUT2D eigenvalue weighted by molar-refractivity contribution is 7.99. The number of amides is 1. The van der Waals surface area contributed by atoms with Crippen molar-refractivity contribution >= 4 is 39.2 Å². The molecule has 1 aliphatic heterocycles. The van der Waals surface area contributed by atoms with Gasteiger partial charge in [0.05, 0.1) is 17.0 Å². The summed E-state index contributed by atoms with van der Waals surface area (Å²) in [6.07, 6.45) is 2.07. The molecular weight excluding hydrogens is 385 g/mol. The van der Waals surface area contributed by atoms with Gasteiger partial charge in [-0.05, 0) is 55.0 Å². The van der Waals surface area contributed by atoms with Gasteiger partial charge in [0.15, 0.2) is 5.16 Å². The van der Waals surface area contributed by atoms with E-state index >= 15 is 0 Å². The zero-order valence-electron chi connectivity index (χ0n) is 14.8. The molecule has 3 aromatic rings. The minimum atomic E-state index is -0.324. The van der Waals surface area contributed by atoms with Gasteiger partial charge in [0.25, 0.3) is 5.56 Å². The Labute approximate surface area is 163 Å². The molecule has 0 saturated carbocycles. The summed E-state index contributed by atoms with van der Waals surface area (Å²) >= 11 is 2.58. The van der Waals surface area contributed by atoms with Crippen LogP contribution in [0.25, 0.3) is 15.9 Å². The maximum atomic E-state index is 13.7.